The van der Waals surface area contributed by atoms with Crippen molar-refractivity contribution in [3.8, 4) is 0 Å². The minimum Gasteiger partial charge on any atom is -0.337 e. The fourth-order valence-electron chi connectivity index (χ4n) is 3.27. The smallest absolute Gasteiger partial charge is 0.236 e. The number of amides is 1. The van der Waals surface area contributed by atoms with Crippen LogP contribution in [-0.2, 0) is 11.3 Å². The molecule has 4 heteroatoms. The van der Waals surface area contributed by atoms with Gasteiger partial charge in [0.15, 0.2) is 0 Å². The lowest BCUT2D eigenvalue weighted by molar-refractivity contribution is -0.134. The standard InChI is InChI=1S/C16H21BrN2O/c17-15-7-4-9-19(16(15)20)14-8-10-18(12-14)11-13-5-2-1-3-6-13/h1-3,5-6,14-15H,4,7-12H2. The molecule has 1 aromatic carbocycles. The molecule has 1 aromatic rings. The second kappa shape index (κ2) is 6.27. The normalized spacial score (nSPS) is 28.1. The molecule has 0 spiro atoms. The minimum absolute atomic E-state index is 0.0411. The maximum absolute atomic E-state index is 12.2. The quantitative estimate of drug-likeness (QED) is 0.792. The van der Waals surface area contributed by atoms with Crippen molar-refractivity contribution in [2.45, 2.75) is 36.7 Å². The minimum atomic E-state index is 0.0411. The summed E-state index contributed by atoms with van der Waals surface area (Å²) in [7, 11) is 0. The van der Waals surface area contributed by atoms with Crippen molar-refractivity contribution in [2.75, 3.05) is 19.6 Å². The SMILES string of the molecule is O=C1C(Br)CCCN1C1CCN(Cc2ccccc2)C1. The number of rotatable bonds is 3. The van der Waals surface area contributed by atoms with Crippen LogP contribution in [0.4, 0.5) is 0 Å². The van der Waals surface area contributed by atoms with E-state index in [-0.39, 0.29) is 4.83 Å². The first-order valence-corrected chi connectivity index (χ1v) is 8.36. The van der Waals surface area contributed by atoms with Gasteiger partial charge in [0, 0.05) is 32.2 Å². The maximum Gasteiger partial charge on any atom is 0.236 e. The highest BCUT2D eigenvalue weighted by Crippen LogP contribution is 2.25. The molecule has 3 rings (SSSR count). The van der Waals surface area contributed by atoms with Crippen molar-refractivity contribution in [3.63, 3.8) is 0 Å². The van der Waals surface area contributed by atoms with E-state index < -0.39 is 0 Å². The summed E-state index contributed by atoms with van der Waals surface area (Å²) in [5, 5.41) is 0. The molecule has 2 aliphatic heterocycles. The van der Waals surface area contributed by atoms with Crippen LogP contribution in [0, 0.1) is 0 Å². The molecule has 2 heterocycles. The Morgan fingerprint density at radius 2 is 1.95 bits per heavy atom. The fourth-order valence-corrected chi connectivity index (χ4v) is 3.86. The third-order valence-corrected chi connectivity index (χ3v) is 5.19. The van der Waals surface area contributed by atoms with Crippen molar-refractivity contribution in [1.82, 2.24) is 9.80 Å². The molecule has 2 unspecified atom stereocenters. The first kappa shape index (κ1) is 14.1. The predicted octanol–water partition coefficient (Wildman–Crippen LogP) is 2.65. The summed E-state index contributed by atoms with van der Waals surface area (Å²) in [6.45, 7) is 4.04. The highest BCUT2D eigenvalue weighted by Gasteiger charge is 2.35. The molecule has 1 amide bonds. The summed E-state index contributed by atoms with van der Waals surface area (Å²) in [6, 6.07) is 11.0. The lowest BCUT2D eigenvalue weighted by atomic mass is 10.1. The van der Waals surface area contributed by atoms with Gasteiger partial charge in [0.05, 0.1) is 4.83 Å². The number of piperidine rings is 1. The van der Waals surface area contributed by atoms with Gasteiger partial charge in [-0.2, -0.15) is 0 Å². The molecule has 0 aromatic heterocycles. The Morgan fingerprint density at radius 3 is 2.75 bits per heavy atom. The van der Waals surface area contributed by atoms with E-state index in [4.69, 9.17) is 0 Å². The molecule has 0 bridgehead atoms. The first-order valence-electron chi connectivity index (χ1n) is 7.45. The molecule has 2 saturated heterocycles. The first-order chi connectivity index (χ1) is 9.74. The molecule has 2 fully saturated rings. The van der Waals surface area contributed by atoms with Crippen LogP contribution in [0.5, 0.6) is 0 Å². The van der Waals surface area contributed by atoms with Gasteiger partial charge in [-0.05, 0) is 24.8 Å². The van der Waals surface area contributed by atoms with Crippen molar-refractivity contribution in [2.24, 2.45) is 0 Å². The topological polar surface area (TPSA) is 23.6 Å². The van der Waals surface area contributed by atoms with E-state index in [2.05, 4.69) is 56.1 Å². The van der Waals surface area contributed by atoms with Gasteiger partial charge in [0.1, 0.15) is 0 Å². The summed E-state index contributed by atoms with van der Waals surface area (Å²) >= 11 is 3.51. The van der Waals surface area contributed by atoms with Crippen LogP contribution in [0.3, 0.4) is 0 Å². The molecule has 2 aliphatic rings. The van der Waals surface area contributed by atoms with Gasteiger partial charge in [-0.15, -0.1) is 0 Å². The lowest BCUT2D eigenvalue weighted by Gasteiger charge is -2.34. The zero-order valence-corrected chi connectivity index (χ0v) is 13.3. The predicted molar refractivity (Wildman–Crippen MR) is 83.8 cm³/mol. The van der Waals surface area contributed by atoms with E-state index in [0.29, 0.717) is 11.9 Å². The van der Waals surface area contributed by atoms with Crippen LogP contribution >= 0.6 is 15.9 Å². The molecule has 0 radical (unpaired) electrons. The zero-order chi connectivity index (χ0) is 13.9. The van der Waals surface area contributed by atoms with Gasteiger partial charge < -0.3 is 4.90 Å². The van der Waals surface area contributed by atoms with Gasteiger partial charge in [-0.1, -0.05) is 46.3 Å². The van der Waals surface area contributed by atoms with E-state index in [1.54, 1.807) is 0 Å². The Morgan fingerprint density at radius 1 is 1.15 bits per heavy atom. The molecular formula is C16H21BrN2O. The van der Waals surface area contributed by atoms with Crippen LogP contribution < -0.4 is 0 Å². The Kier molecular flexibility index (Phi) is 4.41. The molecule has 0 saturated carbocycles. The number of hydrogen-bond donors (Lipinski definition) is 0. The van der Waals surface area contributed by atoms with Crippen molar-refractivity contribution in [1.29, 1.82) is 0 Å². The van der Waals surface area contributed by atoms with Crippen molar-refractivity contribution < 1.29 is 4.79 Å². The van der Waals surface area contributed by atoms with E-state index in [1.165, 1.54) is 5.56 Å². The molecular weight excluding hydrogens is 316 g/mol. The summed E-state index contributed by atoms with van der Waals surface area (Å²) in [5.74, 6) is 0.294. The van der Waals surface area contributed by atoms with Gasteiger partial charge in [0.2, 0.25) is 5.91 Å². The van der Waals surface area contributed by atoms with E-state index in [1.807, 2.05) is 0 Å². The number of hydrogen-bond acceptors (Lipinski definition) is 2. The number of carbonyl (C=O) groups excluding carboxylic acids is 1. The fraction of sp³-hybridized carbons (Fsp3) is 0.562. The maximum atomic E-state index is 12.2. The van der Waals surface area contributed by atoms with Crippen LogP contribution in [0.25, 0.3) is 0 Å². The second-order valence-corrected chi connectivity index (χ2v) is 6.91. The van der Waals surface area contributed by atoms with Crippen LogP contribution in [0.1, 0.15) is 24.8 Å². The zero-order valence-electron chi connectivity index (χ0n) is 11.7. The van der Waals surface area contributed by atoms with Crippen molar-refractivity contribution in [3.05, 3.63) is 35.9 Å². The van der Waals surface area contributed by atoms with E-state index in [9.17, 15) is 4.79 Å². The molecule has 3 nitrogen and oxygen atoms in total. The average Bonchev–Trinajstić information content (AvgIpc) is 2.91. The van der Waals surface area contributed by atoms with Gasteiger partial charge in [0.25, 0.3) is 0 Å². The second-order valence-electron chi connectivity index (χ2n) is 5.80. The number of carbonyl (C=O) groups is 1. The van der Waals surface area contributed by atoms with Crippen LogP contribution in [0.15, 0.2) is 30.3 Å². The third-order valence-electron chi connectivity index (χ3n) is 4.34. The number of likely N-dealkylation sites (tertiary alicyclic amines) is 2. The van der Waals surface area contributed by atoms with Gasteiger partial charge in [-0.25, -0.2) is 0 Å². The summed E-state index contributed by atoms with van der Waals surface area (Å²) in [5.41, 5.74) is 1.36. The molecule has 20 heavy (non-hydrogen) atoms. The molecule has 0 aliphatic carbocycles. The average molecular weight is 337 g/mol. The summed E-state index contributed by atoms with van der Waals surface area (Å²) in [6.07, 6.45) is 3.21. The van der Waals surface area contributed by atoms with E-state index >= 15 is 0 Å². The highest BCUT2D eigenvalue weighted by molar-refractivity contribution is 9.10. The van der Waals surface area contributed by atoms with Crippen LogP contribution in [-0.4, -0.2) is 46.2 Å². The summed E-state index contributed by atoms with van der Waals surface area (Å²) < 4.78 is 0. The Balaban J connectivity index is 1.58. The number of nitrogens with zero attached hydrogens (tertiary/aromatic N) is 2. The number of alkyl halides is 1. The van der Waals surface area contributed by atoms with Crippen molar-refractivity contribution >= 4 is 21.8 Å². The summed E-state index contributed by atoms with van der Waals surface area (Å²) in [4.78, 5) is 16.8. The third kappa shape index (κ3) is 3.07. The number of halogens is 1. The molecule has 2 atom stereocenters. The molecule has 0 N–H and O–H groups in total. The Hall–Kier alpha value is -0.870. The highest BCUT2D eigenvalue weighted by atomic mass is 79.9. The monoisotopic (exact) mass is 336 g/mol. The number of benzene rings is 1. The Labute approximate surface area is 129 Å². The lowest BCUT2D eigenvalue weighted by Crippen LogP contribution is -2.48. The largest absolute Gasteiger partial charge is 0.337 e. The molecule has 108 valence electrons. The van der Waals surface area contributed by atoms with E-state index in [0.717, 1.165) is 45.4 Å². The van der Waals surface area contributed by atoms with Crippen LogP contribution in [0.2, 0.25) is 0 Å². The van der Waals surface area contributed by atoms with Gasteiger partial charge in [-0.3, -0.25) is 9.69 Å². The van der Waals surface area contributed by atoms with Gasteiger partial charge >= 0.3 is 0 Å². The Bertz CT molecular complexity index is 465.